The second kappa shape index (κ2) is 14.4. The molecule has 6 N–H and O–H groups in total. The highest BCUT2D eigenvalue weighted by atomic mass is 16.6. The Morgan fingerprint density at radius 3 is 2.82 bits per heavy atom. The molecule has 0 bridgehead atoms. The Morgan fingerprint density at radius 1 is 1.25 bits per heavy atom. The molecular formula is C19H28N4O5. The molecule has 0 aliphatic rings. The van der Waals surface area contributed by atoms with Crippen LogP contribution >= 0.6 is 0 Å². The summed E-state index contributed by atoms with van der Waals surface area (Å²) >= 11 is 0. The Bertz CT molecular complexity index is 672. The van der Waals surface area contributed by atoms with Gasteiger partial charge in [-0.15, -0.1) is 5.92 Å². The number of amides is 2. The molecule has 154 valence electrons. The van der Waals surface area contributed by atoms with E-state index >= 15 is 0 Å². The van der Waals surface area contributed by atoms with E-state index in [1.165, 1.54) is 0 Å². The highest BCUT2D eigenvalue weighted by molar-refractivity contribution is 5.94. The minimum atomic E-state index is -0.674. The lowest BCUT2D eigenvalue weighted by Gasteiger charge is -2.15. The van der Waals surface area contributed by atoms with Crippen LogP contribution in [0.5, 0.6) is 5.75 Å². The fourth-order valence-electron chi connectivity index (χ4n) is 1.95. The molecule has 28 heavy (non-hydrogen) atoms. The van der Waals surface area contributed by atoms with E-state index in [1.807, 2.05) is 0 Å². The van der Waals surface area contributed by atoms with Crippen LogP contribution in [0.2, 0.25) is 0 Å². The van der Waals surface area contributed by atoms with E-state index in [4.69, 9.17) is 25.7 Å². The van der Waals surface area contributed by atoms with Crippen molar-refractivity contribution in [3.63, 3.8) is 0 Å². The quantitative estimate of drug-likeness (QED) is 0.196. The molecule has 1 atom stereocenters. The van der Waals surface area contributed by atoms with Crippen molar-refractivity contribution in [2.24, 2.45) is 11.5 Å². The zero-order valence-corrected chi connectivity index (χ0v) is 16.0. The zero-order valence-electron chi connectivity index (χ0n) is 16.0. The van der Waals surface area contributed by atoms with Crippen molar-refractivity contribution in [1.82, 2.24) is 10.6 Å². The van der Waals surface area contributed by atoms with Crippen molar-refractivity contribution in [1.29, 1.82) is 0 Å². The van der Waals surface area contributed by atoms with E-state index in [9.17, 15) is 9.59 Å². The molecule has 0 aliphatic heterocycles. The lowest BCUT2D eigenvalue weighted by atomic mass is 10.2. The molecule has 0 radical (unpaired) electrons. The van der Waals surface area contributed by atoms with Gasteiger partial charge in [-0.05, 0) is 25.1 Å². The van der Waals surface area contributed by atoms with Gasteiger partial charge in [0.25, 0.3) is 5.91 Å². The SMILES string of the molecule is CC#CCNC(=O)COCCOC(N)COc1cccc(C(=O)NCCN)c1. The molecule has 0 saturated heterocycles. The number of rotatable bonds is 13. The van der Waals surface area contributed by atoms with E-state index in [2.05, 4.69) is 22.5 Å². The Labute approximate surface area is 165 Å². The number of benzene rings is 1. The third-order valence-electron chi connectivity index (χ3n) is 3.28. The summed E-state index contributed by atoms with van der Waals surface area (Å²) in [5.74, 6) is 5.43. The number of carbonyl (C=O) groups excluding carboxylic acids is 2. The second-order valence-corrected chi connectivity index (χ2v) is 5.55. The van der Waals surface area contributed by atoms with E-state index in [0.29, 0.717) is 30.9 Å². The average Bonchev–Trinajstić information content (AvgIpc) is 2.70. The zero-order chi connectivity index (χ0) is 20.6. The van der Waals surface area contributed by atoms with Gasteiger partial charge >= 0.3 is 0 Å². The Balaban J connectivity index is 2.20. The fourth-order valence-corrected chi connectivity index (χ4v) is 1.95. The summed E-state index contributed by atoms with van der Waals surface area (Å²) in [5, 5.41) is 5.27. The van der Waals surface area contributed by atoms with Crippen LogP contribution in [-0.4, -0.2) is 64.1 Å². The van der Waals surface area contributed by atoms with Gasteiger partial charge in [-0.1, -0.05) is 12.0 Å². The van der Waals surface area contributed by atoms with Crippen LogP contribution in [0.1, 0.15) is 17.3 Å². The summed E-state index contributed by atoms with van der Waals surface area (Å²) in [4.78, 5) is 23.3. The van der Waals surface area contributed by atoms with Crippen LogP contribution in [0.25, 0.3) is 0 Å². The van der Waals surface area contributed by atoms with E-state index in [0.717, 1.165) is 0 Å². The topological polar surface area (TPSA) is 138 Å². The smallest absolute Gasteiger partial charge is 0.251 e. The van der Waals surface area contributed by atoms with Gasteiger partial charge in [-0.25, -0.2) is 0 Å². The molecule has 2 amide bonds. The molecule has 1 aromatic rings. The first-order valence-electron chi connectivity index (χ1n) is 8.89. The molecule has 0 spiro atoms. The summed E-state index contributed by atoms with van der Waals surface area (Å²) in [6, 6.07) is 6.72. The third kappa shape index (κ3) is 10.5. The van der Waals surface area contributed by atoms with Crippen LogP contribution in [-0.2, 0) is 14.3 Å². The first-order chi connectivity index (χ1) is 13.6. The van der Waals surface area contributed by atoms with Gasteiger partial charge in [0.1, 0.15) is 25.2 Å². The highest BCUT2D eigenvalue weighted by Crippen LogP contribution is 2.13. The molecule has 0 heterocycles. The maximum atomic E-state index is 11.9. The lowest BCUT2D eigenvalue weighted by molar-refractivity contribution is -0.126. The Morgan fingerprint density at radius 2 is 2.07 bits per heavy atom. The molecule has 1 rings (SSSR count). The van der Waals surface area contributed by atoms with Crippen LogP contribution in [0.3, 0.4) is 0 Å². The van der Waals surface area contributed by atoms with Crippen molar-refractivity contribution in [3.8, 4) is 17.6 Å². The van der Waals surface area contributed by atoms with Gasteiger partial charge < -0.3 is 36.3 Å². The second-order valence-electron chi connectivity index (χ2n) is 5.55. The van der Waals surface area contributed by atoms with Gasteiger partial charge in [0.05, 0.1) is 19.8 Å². The summed E-state index contributed by atoms with van der Waals surface area (Å²) in [6.07, 6.45) is -0.674. The molecule has 1 aromatic carbocycles. The van der Waals surface area contributed by atoms with Gasteiger partial charge in [0.2, 0.25) is 5.91 Å². The van der Waals surface area contributed by atoms with Crippen LogP contribution < -0.4 is 26.8 Å². The first-order valence-corrected chi connectivity index (χ1v) is 8.89. The number of hydrogen-bond donors (Lipinski definition) is 4. The average molecular weight is 392 g/mol. The fraction of sp³-hybridized carbons (Fsp3) is 0.474. The number of ether oxygens (including phenoxy) is 3. The molecule has 1 unspecified atom stereocenters. The van der Waals surface area contributed by atoms with E-state index in [1.54, 1.807) is 31.2 Å². The van der Waals surface area contributed by atoms with Gasteiger partial charge in [0.15, 0.2) is 0 Å². The number of hydrogen-bond acceptors (Lipinski definition) is 7. The molecule has 0 saturated carbocycles. The van der Waals surface area contributed by atoms with Gasteiger partial charge in [0, 0.05) is 18.7 Å². The summed E-state index contributed by atoms with van der Waals surface area (Å²) < 4.78 is 16.1. The molecule has 0 aliphatic carbocycles. The maximum Gasteiger partial charge on any atom is 0.251 e. The normalized spacial score (nSPS) is 11.1. The maximum absolute atomic E-state index is 11.9. The van der Waals surface area contributed by atoms with Gasteiger partial charge in [-0.2, -0.15) is 0 Å². The monoisotopic (exact) mass is 392 g/mol. The Kier molecular flexibility index (Phi) is 12.1. The largest absolute Gasteiger partial charge is 0.489 e. The predicted octanol–water partition coefficient (Wildman–Crippen LogP) is -0.789. The molecule has 9 heteroatoms. The highest BCUT2D eigenvalue weighted by Gasteiger charge is 2.08. The summed E-state index contributed by atoms with van der Waals surface area (Å²) in [7, 11) is 0. The minimum absolute atomic E-state index is 0.0699. The van der Waals surface area contributed by atoms with Crippen molar-refractivity contribution in [2.75, 3.05) is 46.1 Å². The standard InChI is InChI=1S/C19H28N4O5/c1-2-3-8-22-18(24)14-26-10-11-27-17(21)13-28-16-6-4-5-15(12-16)19(25)23-9-7-20/h4-6,12,17H,7-11,13-14,20-21H2,1H3,(H,22,24)(H,23,25). The van der Waals surface area contributed by atoms with Gasteiger partial charge in [-0.3, -0.25) is 9.59 Å². The van der Waals surface area contributed by atoms with Crippen LogP contribution in [0.15, 0.2) is 24.3 Å². The minimum Gasteiger partial charge on any atom is -0.489 e. The van der Waals surface area contributed by atoms with E-state index < -0.39 is 6.23 Å². The summed E-state index contributed by atoms with van der Waals surface area (Å²) in [6.45, 7) is 3.24. The lowest BCUT2D eigenvalue weighted by Crippen LogP contribution is -2.33. The number of carbonyl (C=O) groups is 2. The molecule has 0 aromatic heterocycles. The number of nitrogens with two attached hydrogens (primary N) is 2. The predicted molar refractivity (Wildman–Crippen MR) is 105 cm³/mol. The Hall–Kier alpha value is -2.64. The van der Waals surface area contributed by atoms with Crippen molar-refractivity contribution in [2.45, 2.75) is 13.2 Å². The van der Waals surface area contributed by atoms with Crippen LogP contribution in [0, 0.1) is 11.8 Å². The van der Waals surface area contributed by atoms with Crippen LogP contribution in [0.4, 0.5) is 0 Å². The van der Waals surface area contributed by atoms with Crippen molar-refractivity contribution >= 4 is 11.8 Å². The molecule has 0 fully saturated rings. The molecular weight excluding hydrogens is 364 g/mol. The molecule has 9 nitrogen and oxygen atoms in total. The van der Waals surface area contributed by atoms with Crippen molar-refractivity contribution in [3.05, 3.63) is 29.8 Å². The van der Waals surface area contributed by atoms with Crippen molar-refractivity contribution < 1.29 is 23.8 Å². The summed E-state index contributed by atoms with van der Waals surface area (Å²) in [5.41, 5.74) is 11.7. The third-order valence-corrected chi connectivity index (χ3v) is 3.28. The van der Waals surface area contributed by atoms with E-state index in [-0.39, 0.29) is 38.2 Å². The number of nitrogens with one attached hydrogen (secondary N) is 2. The first kappa shape index (κ1) is 23.4.